The van der Waals surface area contributed by atoms with Crippen molar-refractivity contribution in [2.75, 3.05) is 53.0 Å². The monoisotopic (exact) mass is 292 g/mol. The first-order valence-corrected chi connectivity index (χ1v) is 7.46. The van der Waals surface area contributed by atoms with Crippen molar-refractivity contribution in [2.24, 2.45) is 0 Å². The standard InChI is InChI=1S/C16H24N2O3/c1-21-15-5-3-14(4-6-15)16(20)13-18-8-2-7-17(9-10-18)11-12-19/h3-6,19H,2,7-13H2,1H3. The van der Waals surface area contributed by atoms with E-state index in [1.54, 1.807) is 7.11 Å². The number of Topliss-reactive ketones (excluding diaryl/α,β-unsaturated/α-hetero) is 1. The first kappa shape index (κ1) is 15.9. The van der Waals surface area contributed by atoms with Gasteiger partial charge >= 0.3 is 0 Å². The van der Waals surface area contributed by atoms with E-state index in [2.05, 4.69) is 9.80 Å². The summed E-state index contributed by atoms with van der Waals surface area (Å²) in [6, 6.07) is 7.27. The van der Waals surface area contributed by atoms with Crippen molar-refractivity contribution in [3.05, 3.63) is 29.8 Å². The van der Waals surface area contributed by atoms with E-state index in [1.807, 2.05) is 24.3 Å². The Hall–Kier alpha value is -1.43. The number of methoxy groups -OCH3 is 1. The molecule has 0 unspecified atom stereocenters. The molecule has 1 saturated heterocycles. The third-order valence-corrected chi connectivity index (χ3v) is 3.88. The maximum atomic E-state index is 12.3. The Labute approximate surface area is 126 Å². The average molecular weight is 292 g/mol. The van der Waals surface area contributed by atoms with Crippen molar-refractivity contribution in [3.8, 4) is 5.75 Å². The average Bonchev–Trinajstić information content (AvgIpc) is 2.73. The highest BCUT2D eigenvalue weighted by molar-refractivity contribution is 5.97. The van der Waals surface area contributed by atoms with Crippen LogP contribution in [-0.4, -0.2) is 73.7 Å². The summed E-state index contributed by atoms with van der Waals surface area (Å²) in [4.78, 5) is 16.7. The van der Waals surface area contributed by atoms with Crippen molar-refractivity contribution >= 4 is 5.78 Å². The predicted molar refractivity (Wildman–Crippen MR) is 81.9 cm³/mol. The number of β-amino-alcohol motifs (C(OH)–C–C–N with tert-alkyl or cyclic N) is 1. The summed E-state index contributed by atoms with van der Waals surface area (Å²) >= 11 is 0. The van der Waals surface area contributed by atoms with E-state index in [0.717, 1.165) is 50.5 Å². The van der Waals surface area contributed by atoms with Gasteiger partial charge in [-0.15, -0.1) is 0 Å². The summed E-state index contributed by atoms with van der Waals surface area (Å²) in [7, 11) is 1.62. The summed E-state index contributed by atoms with van der Waals surface area (Å²) in [5.41, 5.74) is 0.729. The van der Waals surface area contributed by atoms with Crippen LogP contribution in [0.5, 0.6) is 5.75 Å². The lowest BCUT2D eigenvalue weighted by Crippen LogP contribution is -2.35. The van der Waals surface area contributed by atoms with Crippen molar-refractivity contribution in [2.45, 2.75) is 6.42 Å². The molecule has 5 heteroatoms. The van der Waals surface area contributed by atoms with E-state index in [0.29, 0.717) is 6.54 Å². The SMILES string of the molecule is COc1ccc(C(=O)CN2CCCN(CCO)CC2)cc1. The molecule has 1 fully saturated rings. The lowest BCUT2D eigenvalue weighted by Gasteiger charge is -2.20. The van der Waals surface area contributed by atoms with Crippen LogP contribution in [0, 0.1) is 0 Å². The van der Waals surface area contributed by atoms with Gasteiger partial charge in [-0.25, -0.2) is 0 Å². The van der Waals surface area contributed by atoms with Crippen LogP contribution in [0.15, 0.2) is 24.3 Å². The minimum Gasteiger partial charge on any atom is -0.497 e. The quantitative estimate of drug-likeness (QED) is 0.789. The van der Waals surface area contributed by atoms with Gasteiger partial charge in [0.25, 0.3) is 0 Å². The van der Waals surface area contributed by atoms with Crippen LogP contribution >= 0.6 is 0 Å². The maximum Gasteiger partial charge on any atom is 0.176 e. The van der Waals surface area contributed by atoms with Crippen molar-refractivity contribution in [3.63, 3.8) is 0 Å². The molecule has 1 N–H and O–H groups in total. The summed E-state index contributed by atoms with van der Waals surface area (Å²) in [6.07, 6.45) is 1.04. The van der Waals surface area contributed by atoms with Crippen LogP contribution in [-0.2, 0) is 0 Å². The van der Waals surface area contributed by atoms with Gasteiger partial charge in [-0.1, -0.05) is 0 Å². The highest BCUT2D eigenvalue weighted by Crippen LogP contribution is 2.12. The molecule has 0 bridgehead atoms. The fraction of sp³-hybridized carbons (Fsp3) is 0.562. The number of nitrogens with zero attached hydrogens (tertiary/aromatic N) is 2. The number of aliphatic hydroxyl groups excluding tert-OH is 1. The zero-order chi connectivity index (χ0) is 15.1. The minimum atomic E-state index is 0.147. The topological polar surface area (TPSA) is 53.0 Å². The Morgan fingerprint density at radius 3 is 2.48 bits per heavy atom. The number of rotatable bonds is 6. The molecule has 21 heavy (non-hydrogen) atoms. The molecule has 0 amide bonds. The number of benzene rings is 1. The molecule has 0 aliphatic carbocycles. The molecule has 0 radical (unpaired) electrons. The summed E-state index contributed by atoms with van der Waals surface area (Å²) in [5, 5.41) is 8.99. The Kier molecular flexibility index (Phi) is 6.17. The van der Waals surface area contributed by atoms with E-state index in [9.17, 15) is 4.79 Å². The second kappa shape index (κ2) is 8.12. The molecule has 0 spiro atoms. The van der Waals surface area contributed by atoms with Gasteiger partial charge in [0.1, 0.15) is 5.75 Å². The number of ether oxygens (including phenoxy) is 1. The van der Waals surface area contributed by atoms with E-state index in [4.69, 9.17) is 9.84 Å². The van der Waals surface area contributed by atoms with Gasteiger partial charge in [0, 0.05) is 25.2 Å². The zero-order valence-electron chi connectivity index (χ0n) is 12.6. The molecule has 116 valence electrons. The van der Waals surface area contributed by atoms with E-state index in [1.165, 1.54) is 0 Å². The van der Waals surface area contributed by atoms with Crippen LogP contribution in [0.1, 0.15) is 16.8 Å². The van der Waals surface area contributed by atoms with Gasteiger partial charge in [-0.3, -0.25) is 14.6 Å². The maximum absolute atomic E-state index is 12.3. The lowest BCUT2D eigenvalue weighted by molar-refractivity contribution is 0.0932. The second-order valence-electron chi connectivity index (χ2n) is 5.35. The van der Waals surface area contributed by atoms with E-state index in [-0.39, 0.29) is 12.4 Å². The highest BCUT2D eigenvalue weighted by Gasteiger charge is 2.17. The van der Waals surface area contributed by atoms with Crippen LogP contribution in [0.2, 0.25) is 0 Å². The second-order valence-corrected chi connectivity index (χ2v) is 5.35. The van der Waals surface area contributed by atoms with Crippen LogP contribution in [0.4, 0.5) is 0 Å². The Balaban J connectivity index is 1.86. The zero-order valence-corrected chi connectivity index (χ0v) is 12.6. The fourth-order valence-electron chi connectivity index (χ4n) is 2.62. The number of ketones is 1. The van der Waals surface area contributed by atoms with Gasteiger partial charge < -0.3 is 9.84 Å². The number of carbonyl (C=O) groups is 1. The Morgan fingerprint density at radius 1 is 1.14 bits per heavy atom. The van der Waals surface area contributed by atoms with Gasteiger partial charge in [-0.05, 0) is 43.8 Å². The van der Waals surface area contributed by atoms with Gasteiger partial charge in [-0.2, -0.15) is 0 Å². The summed E-state index contributed by atoms with van der Waals surface area (Å²) in [5.74, 6) is 0.911. The predicted octanol–water partition coefficient (Wildman–Crippen LogP) is 0.878. The third kappa shape index (κ3) is 4.81. The van der Waals surface area contributed by atoms with Crippen molar-refractivity contribution < 1.29 is 14.6 Å². The number of hydrogen-bond donors (Lipinski definition) is 1. The molecule has 0 atom stereocenters. The first-order chi connectivity index (χ1) is 10.2. The van der Waals surface area contributed by atoms with Crippen molar-refractivity contribution in [1.82, 2.24) is 9.80 Å². The number of aliphatic hydroxyl groups is 1. The highest BCUT2D eigenvalue weighted by atomic mass is 16.5. The molecule has 0 saturated carbocycles. The molecular formula is C16H24N2O3. The Morgan fingerprint density at radius 2 is 1.81 bits per heavy atom. The number of carbonyl (C=O) groups excluding carboxylic acids is 1. The molecule has 1 aromatic carbocycles. The van der Waals surface area contributed by atoms with Gasteiger partial charge in [0.15, 0.2) is 5.78 Å². The molecule has 5 nitrogen and oxygen atoms in total. The normalized spacial score (nSPS) is 17.4. The minimum absolute atomic E-state index is 0.147. The van der Waals surface area contributed by atoms with Gasteiger partial charge in [0.05, 0.1) is 20.3 Å². The van der Waals surface area contributed by atoms with Crippen LogP contribution in [0.25, 0.3) is 0 Å². The smallest absolute Gasteiger partial charge is 0.176 e. The number of hydrogen-bond acceptors (Lipinski definition) is 5. The first-order valence-electron chi connectivity index (χ1n) is 7.46. The fourth-order valence-corrected chi connectivity index (χ4v) is 2.62. The van der Waals surface area contributed by atoms with Crippen LogP contribution < -0.4 is 4.74 Å². The van der Waals surface area contributed by atoms with Gasteiger partial charge in [0.2, 0.25) is 0 Å². The molecule has 1 aromatic rings. The third-order valence-electron chi connectivity index (χ3n) is 3.88. The van der Waals surface area contributed by atoms with E-state index < -0.39 is 0 Å². The molecule has 1 heterocycles. The van der Waals surface area contributed by atoms with Crippen molar-refractivity contribution in [1.29, 1.82) is 0 Å². The summed E-state index contributed by atoms with van der Waals surface area (Å²) in [6.45, 7) is 5.10. The molecular weight excluding hydrogens is 268 g/mol. The lowest BCUT2D eigenvalue weighted by atomic mass is 10.1. The van der Waals surface area contributed by atoms with Crippen LogP contribution in [0.3, 0.4) is 0 Å². The largest absolute Gasteiger partial charge is 0.497 e. The van der Waals surface area contributed by atoms with E-state index >= 15 is 0 Å². The Bertz CT molecular complexity index is 447. The molecule has 1 aliphatic heterocycles. The summed E-state index contributed by atoms with van der Waals surface area (Å²) < 4.78 is 5.10. The molecule has 2 rings (SSSR count). The molecule has 0 aromatic heterocycles. The molecule has 1 aliphatic rings.